The van der Waals surface area contributed by atoms with Gasteiger partial charge in [-0.05, 0) is 42.7 Å². The summed E-state index contributed by atoms with van der Waals surface area (Å²) in [5.74, 6) is 0.0187. The lowest BCUT2D eigenvalue weighted by Gasteiger charge is -2.35. The summed E-state index contributed by atoms with van der Waals surface area (Å²) < 4.78 is 0. The third-order valence-corrected chi connectivity index (χ3v) is 5.79. The zero-order valence-corrected chi connectivity index (χ0v) is 19.6. The summed E-state index contributed by atoms with van der Waals surface area (Å²) in [6.07, 6.45) is 0.296. The zero-order valence-electron chi connectivity index (χ0n) is 19.6. The van der Waals surface area contributed by atoms with Gasteiger partial charge in [0.2, 0.25) is 11.8 Å². The molecule has 1 N–H and O–H groups in total. The summed E-state index contributed by atoms with van der Waals surface area (Å²) in [5.41, 5.74) is 4.12. The molecule has 2 aromatic rings. The van der Waals surface area contributed by atoms with Crippen LogP contribution in [-0.4, -0.2) is 67.4 Å². The molecule has 1 heterocycles. The second-order valence-electron chi connectivity index (χ2n) is 8.61. The molecule has 7 nitrogen and oxygen atoms in total. The lowest BCUT2D eigenvalue weighted by molar-refractivity contribution is -0.124. The molecule has 1 fully saturated rings. The molecule has 0 saturated carbocycles. The fourth-order valence-electron chi connectivity index (χ4n) is 4.10. The average Bonchev–Trinajstić information content (AvgIpc) is 2.79. The van der Waals surface area contributed by atoms with Crippen LogP contribution in [0.4, 0.5) is 5.69 Å². The summed E-state index contributed by atoms with van der Waals surface area (Å²) >= 11 is 0. The molecular weight excluding hydrogens is 414 g/mol. The predicted octanol–water partition coefficient (Wildman–Crippen LogP) is 2.48. The number of carbonyl (C=O) groups excluding carboxylic acids is 2. The molecule has 1 aliphatic rings. The van der Waals surface area contributed by atoms with Crippen molar-refractivity contribution < 1.29 is 9.59 Å². The Kier molecular flexibility index (Phi) is 8.99. The van der Waals surface area contributed by atoms with Crippen molar-refractivity contribution in [3.8, 4) is 6.07 Å². The van der Waals surface area contributed by atoms with E-state index >= 15 is 0 Å². The van der Waals surface area contributed by atoms with E-state index in [0.717, 1.165) is 48.6 Å². The predicted molar refractivity (Wildman–Crippen MR) is 130 cm³/mol. The number of nitrogens with one attached hydrogen (secondary N) is 1. The first kappa shape index (κ1) is 24.4. The molecule has 2 amide bonds. The molecule has 0 aromatic heterocycles. The first-order valence-electron chi connectivity index (χ1n) is 11.5. The van der Waals surface area contributed by atoms with Gasteiger partial charge in [-0.1, -0.05) is 36.4 Å². The number of hydrogen-bond acceptors (Lipinski definition) is 5. The number of benzene rings is 2. The fourth-order valence-corrected chi connectivity index (χ4v) is 4.10. The highest BCUT2D eigenvalue weighted by Gasteiger charge is 2.23. The van der Waals surface area contributed by atoms with Crippen LogP contribution in [-0.2, 0) is 16.1 Å². The molecule has 0 atom stereocenters. The molecule has 7 heteroatoms. The first-order valence-corrected chi connectivity index (χ1v) is 11.5. The molecule has 33 heavy (non-hydrogen) atoms. The van der Waals surface area contributed by atoms with Gasteiger partial charge in [0.25, 0.3) is 0 Å². The van der Waals surface area contributed by atoms with Gasteiger partial charge in [0, 0.05) is 45.0 Å². The van der Waals surface area contributed by atoms with Crippen LogP contribution < -0.4 is 10.2 Å². The summed E-state index contributed by atoms with van der Waals surface area (Å²) in [4.78, 5) is 31.4. The summed E-state index contributed by atoms with van der Waals surface area (Å²) in [6, 6.07) is 18.1. The normalized spacial score (nSPS) is 14.5. The van der Waals surface area contributed by atoms with Crippen LogP contribution in [0.25, 0.3) is 0 Å². The second kappa shape index (κ2) is 12.1. The van der Waals surface area contributed by atoms with Crippen molar-refractivity contribution in [3.63, 3.8) is 0 Å². The fraction of sp³-hybridized carbons (Fsp3) is 0.423. The van der Waals surface area contributed by atoms with Gasteiger partial charge in [-0.15, -0.1) is 0 Å². The molecule has 174 valence electrons. The van der Waals surface area contributed by atoms with Gasteiger partial charge in [0.15, 0.2) is 0 Å². The second-order valence-corrected chi connectivity index (χ2v) is 8.61. The smallest absolute Gasteiger partial charge is 0.241 e. The van der Waals surface area contributed by atoms with Crippen LogP contribution in [0, 0.1) is 25.2 Å². The molecule has 2 aromatic carbocycles. The first-order chi connectivity index (χ1) is 15.9. The lowest BCUT2D eigenvalue weighted by Crippen LogP contribution is -2.52. The van der Waals surface area contributed by atoms with Crippen LogP contribution >= 0.6 is 0 Å². The Morgan fingerprint density at radius 2 is 1.58 bits per heavy atom. The topological polar surface area (TPSA) is 79.7 Å². The Labute approximate surface area is 196 Å². The third-order valence-electron chi connectivity index (χ3n) is 5.79. The number of anilines is 1. The maximum atomic E-state index is 13.1. The molecule has 3 rings (SSSR count). The van der Waals surface area contributed by atoms with Gasteiger partial charge < -0.3 is 10.2 Å². The summed E-state index contributed by atoms with van der Waals surface area (Å²) in [6.45, 7) is 8.58. The number of nitriles is 1. The van der Waals surface area contributed by atoms with Crippen molar-refractivity contribution in [1.29, 1.82) is 5.26 Å². The monoisotopic (exact) mass is 447 g/mol. The number of amides is 2. The molecule has 0 bridgehead atoms. The highest BCUT2D eigenvalue weighted by molar-refractivity contribution is 5.95. The maximum Gasteiger partial charge on any atom is 0.241 e. The quantitative estimate of drug-likeness (QED) is 0.639. The minimum Gasteiger partial charge on any atom is -0.351 e. The van der Waals surface area contributed by atoms with E-state index in [9.17, 15) is 9.59 Å². The van der Waals surface area contributed by atoms with Gasteiger partial charge in [-0.2, -0.15) is 5.26 Å². The molecule has 0 aliphatic carbocycles. The SMILES string of the molecule is Cc1cc(C)cc(N(CCC#N)C(=O)CN2CCN(CC(=O)NCc3ccccc3)CC2)c1. The highest BCUT2D eigenvalue weighted by atomic mass is 16.2. The zero-order chi connectivity index (χ0) is 23.6. The Morgan fingerprint density at radius 1 is 0.970 bits per heavy atom. The largest absolute Gasteiger partial charge is 0.351 e. The molecule has 1 saturated heterocycles. The van der Waals surface area contributed by atoms with Crippen LogP contribution in [0.3, 0.4) is 0 Å². The van der Waals surface area contributed by atoms with E-state index in [1.54, 1.807) is 4.90 Å². The number of rotatable bonds is 9. The van der Waals surface area contributed by atoms with Crippen LogP contribution in [0.2, 0.25) is 0 Å². The standard InChI is InChI=1S/C26H33N5O2/c1-21-15-22(2)17-24(16-21)31(10-6-9-27)26(33)20-30-13-11-29(12-14-30)19-25(32)28-18-23-7-4-3-5-8-23/h3-5,7-8,15-17H,6,10-14,18-20H2,1-2H3,(H,28,32). The van der Waals surface area contributed by atoms with E-state index in [2.05, 4.69) is 27.3 Å². The van der Waals surface area contributed by atoms with E-state index in [0.29, 0.717) is 32.6 Å². The van der Waals surface area contributed by atoms with Gasteiger partial charge in [-0.3, -0.25) is 19.4 Å². The number of hydrogen-bond donors (Lipinski definition) is 1. The minimum absolute atomic E-state index is 0.00399. The summed E-state index contributed by atoms with van der Waals surface area (Å²) in [7, 11) is 0. The Bertz CT molecular complexity index is 958. The van der Waals surface area contributed by atoms with Crippen molar-refractivity contribution in [2.45, 2.75) is 26.8 Å². The van der Waals surface area contributed by atoms with Crippen LogP contribution in [0.1, 0.15) is 23.1 Å². The maximum absolute atomic E-state index is 13.1. The lowest BCUT2D eigenvalue weighted by atomic mass is 10.1. The van der Waals surface area contributed by atoms with E-state index in [4.69, 9.17) is 5.26 Å². The van der Waals surface area contributed by atoms with Crippen molar-refractivity contribution in [2.75, 3.05) is 50.7 Å². The molecule has 0 spiro atoms. The van der Waals surface area contributed by atoms with Gasteiger partial charge in [-0.25, -0.2) is 0 Å². The Morgan fingerprint density at radius 3 is 2.18 bits per heavy atom. The number of piperazine rings is 1. The number of carbonyl (C=O) groups is 2. The number of aryl methyl sites for hydroxylation is 2. The highest BCUT2D eigenvalue weighted by Crippen LogP contribution is 2.20. The average molecular weight is 448 g/mol. The van der Waals surface area contributed by atoms with E-state index < -0.39 is 0 Å². The van der Waals surface area contributed by atoms with E-state index in [1.807, 2.05) is 56.3 Å². The van der Waals surface area contributed by atoms with Gasteiger partial charge in [0.05, 0.1) is 25.6 Å². The Balaban J connectivity index is 1.47. The Hall–Kier alpha value is -3.21. The minimum atomic E-state index is 0.00399. The van der Waals surface area contributed by atoms with E-state index in [1.165, 1.54) is 0 Å². The van der Waals surface area contributed by atoms with Crippen LogP contribution in [0.15, 0.2) is 48.5 Å². The van der Waals surface area contributed by atoms with Crippen molar-refractivity contribution in [3.05, 3.63) is 65.2 Å². The van der Waals surface area contributed by atoms with Crippen LogP contribution in [0.5, 0.6) is 0 Å². The molecular formula is C26H33N5O2. The van der Waals surface area contributed by atoms with Gasteiger partial charge >= 0.3 is 0 Å². The molecule has 0 unspecified atom stereocenters. The number of nitrogens with zero attached hydrogens (tertiary/aromatic N) is 4. The van der Waals surface area contributed by atoms with Crippen molar-refractivity contribution in [1.82, 2.24) is 15.1 Å². The van der Waals surface area contributed by atoms with Crippen molar-refractivity contribution >= 4 is 17.5 Å². The molecule has 1 aliphatic heterocycles. The van der Waals surface area contributed by atoms with E-state index in [-0.39, 0.29) is 11.8 Å². The van der Waals surface area contributed by atoms with Gasteiger partial charge in [0.1, 0.15) is 0 Å². The van der Waals surface area contributed by atoms with Crippen molar-refractivity contribution in [2.24, 2.45) is 0 Å². The molecule has 0 radical (unpaired) electrons. The third kappa shape index (κ3) is 7.70. The summed E-state index contributed by atoms with van der Waals surface area (Å²) in [5, 5.41) is 12.0.